The molecule has 0 bridgehead atoms. The van der Waals surface area contributed by atoms with Crippen molar-refractivity contribution in [3.05, 3.63) is 48.0 Å². The van der Waals surface area contributed by atoms with E-state index in [1.807, 2.05) is 0 Å². The van der Waals surface area contributed by atoms with Gasteiger partial charge in [0.1, 0.15) is 5.75 Å². The summed E-state index contributed by atoms with van der Waals surface area (Å²) in [5, 5.41) is 5.26. The molecule has 9 nitrogen and oxygen atoms in total. The van der Waals surface area contributed by atoms with E-state index in [0.29, 0.717) is 25.3 Å². The zero-order chi connectivity index (χ0) is 22.1. The maximum atomic E-state index is 12.9. The summed E-state index contributed by atoms with van der Waals surface area (Å²) in [7, 11) is -1.06. The van der Waals surface area contributed by atoms with Gasteiger partial charge in [0.15, 0.2) is 0 Å². The number of hydrogen-bond donors (Lipinski definition) is 3. The maximum Gasteiger partial charge on any atom is 0.261 e. The van der Waals surface area contributed by atoms with E-state index in [9.17, 15) is 18.0 Å². The first-order valence-electron chi connectivity index (χ1n) is 9.13. The van der Waals surface area contributed by atoms with Crippen LogP contribution in [0.2, 0.25) is 0 Å². The van der Waals surface area contributed by atoms with Crippen molar-refractivity contribution in [2.75, 3.05) is 37.4 Å². The van der Waals surface area contributed by atoms with Gasteiger partial charge in [-0.1, -0.05) is 12.1 Å². The Balaban J connectivity index is 2.27. The van der Waals surface area contributed by atoms with Gasteiger partial charge in [-0.05, 0) is 36.8 Å². The van der Waals surface area contributed by atoms with Crippen molar-refractivity contribution in [2.45, 2.75) is 18.2 Å². The van der Waals surface area contributed by atoms with Crippen LogP contribution in [0, 0.1) is 0 Å². The second kappa shape index (κ2) is 10.6. The molecule has 2 rings (SSSR count). The highest BCUT2D eigenvalue weighted by Crippen LogP contribution is 2.29. The third-order valence-corrected chi connectivity index (χ3v) is 5.38. The number of sulfonamides is 1. The molecule has 30 heavy (non-hydrogen) atoms. The Bertz CT molecular complexity index is 1010. The summed E-state index contributed by atoms with van der Waals surface area (Å²) < 4.78 is 38.3. The number of carbonyl (C=O) groups is 2. The molecule has 2 amide bonds. The highest BCUT2D eigenvalue weighted by molar-refractivity contribution is 7.92. The van der Waals surface area contributed by atoms with Crippen LogP contribution < -0.4 is 20.1 Å². The first kappa shape index (κ1) is 23.2. The van der Waals surface area contributed by atoms with E-state index in [4.69, 9.17) is 9.47 Å². The summed E-state index contributed by atoms with van der Waals surface area (Å²) in [6.07, 6.45) is 0.633. The first-order valence-corrected chi connectivity index (χ1v) is 10.6. The average Bonchev–Trinajstić information content (AvgIpc) is 2.70. The molecule has 0 radical (unpaired) electrons. The summed E-state index contributed by atoms with van der Waals surface area (Å²) >= 11 is 0. The number of benzene rings is 2. The van der Waals surface area contributed by atoms with Crippen molar-refractivity contribution >= 4 is 33.2 Å². The largest absolute Gasteiger partial charge is 0.495 e. The fraction of sp³-hybridized carbons (Fsp3) is 0.300. The molecule has 0 fully saturated rings. The molecular weight excluding hydrogens is 410 g/mol. The van der Waals surface area contributed by atoms with Crippen LogP contribution in [0.4, 0.5) is 11.4 Å². The van der Waals surface area contributed by atoms with E-state index in [1.54, 1.807) is 19.2 Å². The van der Waals surface area contributed by atoms with Crippen molar-refractivity contribution in [3.8, 4) is 5.75 Å². The normalized spacial score (nSPS) is 10.9. The molecule has 0 aromatic heterocycles. The lowest BCUT2D eigenvalue weighted by atomic mass is 10.1. The molecule has 2 aromatic carbocycles. The van der Waals surface area contributed by atoms with Crippen LogP contribution in [-0.2, 0) is 19.6 Å². The third kappa shape index (κ3) is 6.19. The number of anilines is 2. The molecule has 10 heteroatoms. The second-order valence-electron chi connectivity index (χ2n) is 6.30. The second-order valence-corrected chi connectivity index (χ2v) is 7.98. The lowest BCUT2D eigenvalue weighted by Gasteiger charge is -2.15. The Morgan fingerprint density at radius 2 is 1.77 bits per heavy atom. The topological polar surface area (TPSA) is 123 Å². The van der Waals surface area contributed by atoms with Crippen LogP contribution in [0.25, 0.3) is 0 Å². The molecule has 0 saturated heterocycles. The lowest BCUT2D eigenvalue weighted by Crippen LogP contribution is -2.26. The molecule has 0 aliphatic carbocycles. The Morgan fingerprint density at radius 1 is 1.03 bits per heavy atom. The van der Waals surface area contributed by atoms with Crippen LogP contribution in [-0.4, -0.2) is 47.6 Å². The molecule has 0 heterocycles. The number of amides is 2. The fourth-order valence-corrected chi connectivity index (χ4v) is 3.73. The van der Waals surface area contributed by atoms with Gasteiger partial charge in [-0.15, -0.1) is 0 Å². The maximum absolute atomic E-state index is 12.9. The first-order chi connectivity index (χ1) is 14.3. The van der Waals surface area contributed by atoms with Crippen molar-refractivity contribution in [3.63, 3.8) is 0 Å². The van der Waals surface area contributed by atoms with Crippen LogP contribution >= 0.6 is 0 Å². The molecule has 0 spiro atoms. The van der Waals surface area contributed by atoms with Gasteiger partial charge in [0.25, 0.3) is 15.9 Å². The predicted octanol–water partition coefficient (Wildman–Crippen LogP) is 2.22. The summed E-state index contributed by atoms with van der Waals surface area (Å²) in [5.41, 5.74) is 0.546. The molecule has 0 unspecified atom stereocenters. The molecule has 162 valence electrons. The van der Waals surface area contributed by atoms with Gasteiger partial charge < -0.3 is 20.1 Å². The number of nitrogens with one attached hydrogen (secondary N) is 3. The average molecular weight is 436 g/mol. The van der Waals surface area contributed by atoms with E-state index < -0.39 is 15.9 Å². The zero-order valence-corrected chi connectivity index (χ0v) is 17.8. The Morgan fingerprint density at radius 3 is 2.43 bits per heavy atom. The summed E-state index contributed by atoms with van der Waals surface area (Å²) in [5.74, 6) is -0.454. The molecular formula is C20H25N3O6S. The minimum absolute atomic E-state index is 0.0950. The van der Waals surface area contributed by atoms with Crippen LogP contribution in [0.5, 0.6) is 5.75 Å². The van der Waals surface area contributed by atoms with Gasteiger partial charge in [-0.2, -0.15) is 0 Å². The van der Waals surface area contributed by atoms with E-state index in [0.717, 1.165) is 0 Å². The minimum Gasteiger partial charge on any atom is -0.495 e. The molecule has 0 atom stereocenters. The summed E-state index contributed by atoms with van der Waals surface area (Å²) in [4.78, 5) is 23.8. The lowest BCUT2D eigenvalue weighted by molar-refractivity contribution is -0.114. The highest BCUT2D eigenvalue weighted by Gasteiger charge is 2.20. The number of rotatable bonds is 10. The van der Waals surface area contributed by atoms with E-state index >= 15 is 0 Å². The van der Waals surface area contributed by atoms with Crippen molar-refractivity contribution < 1.29 is 27.5 Å². The van der Waals surface area contributed by atoms with Crippen molar-refractivity contribution in [1.29, 1.82) is 0 Å². The zero-order valence-electron chi connectivity index (χ0n) is 17.0. The van der Waals surface area contributed by atoms with Crippen LogP contribution in [0.3, 0.4) is 0 Å². The van der Waals surface area contributed by atoms with Gasteiger partial charge in [0.2, 0.25) is 5.91 Å². The standard InChI is InChI=1S/C20H25N3O6S/c1-14(24)22-18-13-15(9-10-19(18)29-3)30(26,27)23-17-8-5-4-7-16(17)20(25)21-11-6-12-28-2/h4-5,7-10,13,23H,6,11-12H2,1-3H3,(H,21,25)(H,22,24). The third-order valence-electron chi connectivity index (χ3n) is 4.02. The molecule has 0 aliphatic rings. The van der Waals surface area contributed by atoms with Gasteiger partial charge in [-0.3, -0.25) is 14.3 Å². The van der Waals surface area contributed by atoms with Gasteiger partial charge in [0, 0.05) is 27.2 Å². The summed E-state index contributed by atoms with van der Waals surface area (Å²) in [6, 6.07) is 10.4. The SMILES string of the molecule is COCCCNC(=O)c1ccccc1NS(=O)(=O)c1ccc(OC)c(NC(C)=O)c1. The van der Waals surface area contributed by atoms with Crippen LogP contribution in [0.15, 0.2) is 47.4 Å². The molecule has 0 aliphatic heterocycles. The van der Waals surface area contributed by atoms with Gasteiger partial charge >= 0.3 is 0 Å². The van der Waals surface area contributed by atoms with Crippen molar-refractivity contribution in [2.24, 2.45) is 0 Å². The van der Waals surface area contributed by atoms with Crippen LogP contribution in [0.1, 0.15) is 23.7 Å². The predicted molar refractivity (Wildman–Crippen MR) is 113 cm³/mol. The fourth-order valence-electron chi connectivity index (χ4n) is 2.63. The molecule has 2 aromatic rings. The molecule has 3 N–H and O–H groups in total. The van der Waals surface area contributed by atoms with E-state index in [1.165, 1.54) is 44.4 Å². The van der Waals surface area contributed by atoms with Gasteiger partial charge in [-0.25, -0.2) is 8.42 Å². The van der Waals surface area contributed by atoms with Gasteiger partial charge in [0.05, 0.1) is 28.9 Å². The molecule has 0 saturated carbocycles. The number of carbonyl (C=O) groups excluding carboxylic acids is 2. The smallest absolute Gasteiger partial charge is 0.261 e. The quantitative estimate of drug-likeness (QED) is 0.492. The monoisotopic (exact) mass is 435 g/mol. The number of para-hydroxylation sites is 1. The van der Waals surface area contributed by atoms with Crippen molar-refractivity contribution in [1.82, 2.24) is 5.32 Å². The number of ether oxygens (including phenoxy) is 2. The minimum atomic E-state index is -4.04. The Hall–Kier alpha value is -3.11. The highest BCUT2D eigenvalue weighted by atomic mass is 32.2. The van der Waals surface area contributed by atoms with E-state index in [-0.39, 0.29) is 27.7 Å². The number of hydrogen-bond acceptors (Lipinski definition) is 6. The van der Waals surface area contributed by atoms with E-state index in [2.05, 4.69) is 15.4 Å². The summed E-state index contributed by atoms with van der Waals surface area (Å²) in [6.45, 7) is 2.20. The Labute approximate surface area is 175 Å². The number of methoxy groups -OCH3 is 2. The Kier molecular flexibility index (Phi) is 8.19.